The summed E-state index contributed by atoms with van der Waals surface area (Å²) in [6.45, 7) is -1.31. The molecule has 0 aliphatic rings. The van der Waals surface area contributed by atoms with E-state index in [1.807, 2.05) is 0 Å². The van der Waals surface area contributed by atoms with Gasteiger partial charge >= 0.3 is 6.61 Å². The third kappa shape index (κ3) is 3.56. The molecule has 0 saturated carbocycles. The SMILES string of the molecule is Cc1cc(OC(F)F)ccc1C#CCO. The van der Waals surface area contributed by atoms with E-state index in [1.54, 1.807) is 13.0 Å². The van der Waals surface area contributed by atoms with Gasteiger partial charge in [0.1, 0.15) is 12.4 Å². The summed E-state index contributed by atoms with van der Waals surface area (Å²) in [6.07, 6.45) is 0. The zero-order valence-corrected chi connectivity index (χ0v) is 8.13. The van der Waals surface area contributed by atoms with Crippen LogP contribution < -0.4 is 4.74 Å². The molecule has 15 heavy (non-hydrogen) atoms. The first kappa shape index (κ1) is 11.5. The molecule has 0 bridgehead atoms. The molecule has 0 atom stereocenters. The fraction of sp³-hybridized carbons (Fsp3) is 0.273. The van der Waals surface area contributed by atoms with Crippen LogP contribution in [0.15, 0.2) is 18.2 Å². The Morgan fingerprint density at radius 1 is 1.47 bits per heavy atom. The molecule has 0 aliphatic heterocycles. The smallest absolute Gasteiger partial charge is 0.387 e. The first-order chi connectivity index (χ1) is 7.13. The van der Waals surface area contributed by atoms with E-state index in [2.05, 4.69) is 16.6 Å². The summed E-state index contributed by atoms with van der Waals surface area (Å²) in [7, 11) is 0. The summed E-state index contributed by atoms with van der Waals surface area (Å²) in [4.78, 5) is 0. The summed E-state index contributed by atoms with van der Waals surface area (Å²) in [5.74, 6) is 5.29. The predicted octanol–water partition coefficient (Wildman–Crippen LogP) is 1.94. The van der Waals surface area contributed by atoms with Crippen molar-refractivity contribution in [2.24, 2.45) is 0 Å². The van der Waals surface area contributed by atoms with Crippen molar-refractivity contribution in [2.75, 3.05) is 6.61 Å². The Balaban J connectivity index is 2.88. The summed E-state index contributed by atoms with van der Waals surface area (Å²) in [5, 5.41) is 8.49. The van der Waals surface area contributed by atoms with Crippen LogP contribution in [0.5, 0.6) is 5.75 Å². The lowest BCUT2D eigenvalue weighted by Crippen LogP contribution is -2.02. The van der Waals surface area contributed by atoms with Crippen LogP contribution in [0.2, 0.25) is 0 Å². The van der Waals surface area contributed by atoms with Crippen molar-refractivity contribution in [3.8, 4) is 17.6 Å². The maximum absolute atomic E-state index is 11.9. The summed E-state index contributed by atoms with van der Waals surface area (Å²) >= 11 is 0. The molecule has 0 spiro atoms. The van der Waals surface area contributed by atoms with E-state index < -0.39 is 6.61 Å². The van der Waals surface area contributed by atoms with E-state index in [9.17, 15) is 8.78 Å². The van der Waals surface area contributed by atoms with Crippen LogP contribution >= 0.6 is 0 Å². The van der Waals surface area contributed by atoms with Gasteiger partial charge < -0.3 is 9.84 Å². The third-order valence-electron chi connectivity index (χ3n) is 1.73. The van der Waals surface area contributed by atoms with E-state index in [-0.39, 0.29) is 12.4 Å². The van der Waals surface area contributed by atoms with Crippen LogP contribution in [0.4, 0.5) is 8.78 Å². The van der Waals surface area contributed by atoms with E-state index >= 15 is 0 Å². The van der Waals surface area contributed by atoms with Gasteiger partial charge in [-0.05, 0) is 30.7 Å². The molecule has 2 nitrogen and oxygen atoms in total. The van der Waals surface area contributed by atoms with Crippen molar-refractivity contribution in [2.45, 2.75) is 13.5 Å². The predicted molar refractivity (Wildman–Crippen MR) is 51.8 cm³/mol. The number of hydrogen-bond acceptors (Lipinski definition) is 2. The monoisotopic (exact) mass is 212 g/mol. The van der Waals surface area contributed by atoms with Crippen LogP contribution in [0.1, 0.15) is 11.1 Å². The number of ether oxygens (including phenoxy) is 1. The number of aryl methyl sites for hydroxylation is 1. The average Bonchev–Trinajstić information content (AvgIpc) is 2.15. The van der Waals surface area contributed by atoms with Gasteiger partial charge in [0, 0.05) is 5.56 Å². The van der Waals surface area contributed by atoms with Crippen LogP contribution in [0.25, 0.3) is 0 Å². The minimum absolute atomic E-state index is 0.108. The maximum atomic E-state index is 11.9. The molecule has 80 valence electrons. The Bertz CT molecular complexity index is 391. The molecular weight excluding hydrogens is 202 g/mol. The molecule has 0 aromatic heterocycles. The Labute approximate surface area is 86.5 Å². The van der Waals surface area contributed by atoms with Gasteiger partial charge in [0.25, 0.3) is 0 Å². The minimum atomic E-state index is -2.82. The first-order valence-corrected chi connectivity index (χ1v) is 4.28. The molecule has 0 heterocycles. The van der Waals surface area contributed by atoms with E-state index in [0.717, 1.165) is 5.56 Å². The first-order valence-electron chi connectivity index (χ1n) is 4.28. The van der Waals surface area contributed by atoms with Crippen LogP contribution in [-0.4, -0.2) is 18.3 Å². The van der Waals surface area contributed by atoms with Crippen LogP contribution in [0, 0.1) is 18.8 Å². The second-order valence-electron chi connectivity index (χ2n) is 2.82. The van der Waals surface area contributed by atoms with Gasteiger partial charge in [-0.2, -0.15) is 8.78 Å². The van der Waals surface area contributed by atoms with Crippen LogP contribution in [-0.2, 0) is 0 Å². The van der Waals surface area contributed by atoms with Gasteiger partial charge in [-0.3, -0.25) is 0 Å². The Hall–Kier alpha value is -1.60. The molecule has 0 unspecified atom stereocenters. The number of hydrogen-bond donors (Lipinski definition) is 1. The third-order valence-corrected chi connectivity index (χ3v) is 1.73. The standard InChI is InChI=1S/C11H10F2O2/c1-8-7-10(15-11(12)13)5-4-9(8)3-2-6-14/h4-5,7,11,14H,6H2,1H3. The molecule has 1 rings (SSSR count). The zero-order valence-electron chi connectivity index (χ0n) is 8.13. The molecule has 0 amide bonds. The summed E-state index contributed by atoms with van der Waals surface area (Å²) in [6, 6.07) is 4.48. The Morgan fingerprint density at radius 3 is 2.73 bits per heavy atom. The number of aliphatic hydroxyl groups excluding tert-OH is 1. The van der Waals surface area contributed by atoms with Crippen molar-refractivity contribution >= 4 is 0 Å². The number of rotatable bonds is 2. The van der Waals surface area contributed by atoms with Crippen molar-refractivity contribution in [1.29, 1.82) is 0 Å². The molecule has 4 heteroatoms. The molecule has 0 saturated heterocycles. The van der Waals surface area contributed by atoms with Crippen molar-refractivity contribution in [1.82, 2.24) is 0 Å². The molecule has 1 aromatic carbocycles. The maximum Gasteiger partial charge on any atom is 0.387 e. The van der Waals surface area contributed by atoms with Gasteiger partial charge in [-0.1, -0.05) is 11.8 Å². The van der Waals surface area contributed by atoms with E-state index in [1.165, 1.54) is 12.1 Å². The van der Waals surface area contributed by atoms with Gasteiger partial charge in [0.05, 0.1) is 0 Å². The molecule has 1 N–H and O–H groups in total. The van der Waals surface area contributed by atoms with Gasteiger partial charge in [-0.25, -0.2) is 0 Å². The summed E-state index contributed by atoms with van der Waals surface area (Å²) < 4.78 is 28.0. The van der Waals surface area contributed by atoms with Crippen molar-refractivity contribution in [3.05, 3.63) is 29.3 Å². The average molecular weight is 212 g/mol. The second-order valence-corrected chi connectivity index (χ2v) is 2.82. The highest BCUT2D eigenvalue weighted by Crippen LogP contribution is 2.18. The summed E-state index contributed by atoms with van der Waals surface area (Å²) in [5.41, 5.74) is 1.42. The van der Waals surface area contributed by atoms with Crippen LogP contribution in [0.3, 0.4) is 0 Å². The molecular formula is C11H10F2O2. The minimum Gasteiger partial charge on any atom is -0.435 e. The number of alkyl halides is 2. The van der Waals surface area contributed by atoms with Gasteiger partial charge in [0.15, 0.2) is 0 Å². The largest absolute Gasteiger partial charge is 0.435 e. The number of benzene rings is 1. The van der Waals surface area contributed by atoms with Crippen molar-refractivity contribution < 1.29 is 18.6 Å². The van der Waals surface area contributed by atoms with E-state index in [0.29, 0.717) is 5.56 Å². The van der Waals surface area contributed by atoms with E-state index in [4.69, 9.17) is 5.11 Å². The quantitative estimate of drug-likeness (QED) is 0.759. The fourth-order valence-corrected chi connectivity index (χ4v) is 1.09. The fourth-order valence-electron chi connectivity index (χ4n) is 1.09. The lowest BCUT2D eigenvalue weighted by atomic mass is 10.1. The highest BCUT2D eigenvalue weighted by Gasteiger charge is 2.05. The number of aliphatic hydroxyl groups is 1. The van der Waals surface area contributed by atoms with Crippen molar-refractivity contribution in [3.63, 3.8) is 0 Å². The number of halogens is 2. The topological polar surface area (TPSA) is 29.5 Å². The Morgan fingerprint density at radius 2 is 2.20 bits per heavy atom. The molecule has 1 aromatic rings. The lowest BCUT2D eigenvalue weighted by Gasteiger charge is -2.05. The second kappa shape index (κ2) is 5.32. The lowest BCUT2D eigenvalue weighted by molar-refractivity contribution is -0.0498. The normalized spacial score (nSPS) is 9.67. The molecule has 0 fully saturated rings. The Kier molecular flexibility index (Phi) is 4.07. The molecule has 0 aliphatic carbocycles. The van der Waals surface area contributed by atoms with Gasteiger partial charge in [0.2, 0.25) is 0 Å². The van der Waals surface area contributed by atoms with Gasteiger partial charge in [-0.15, -0.1) is 0 Å². The molecule has 0 radical (unpaired) electrons. The highest BCUT2D eigenvalue weighted by atomic mass is 19.3. The zero-order chi connectivity index (χ0) is 11.3. The highest BCUT2D eigenvalue weighted by molar-refractivity contribution is 5.44.